The van der Waals surface area contributed by atoms with Crippen LogP contribution in [0.25, 0.3) is 11.4 Å². The van der Waals surface area contributed by atoms with Gasteiger partial charge in [0.1, 0.15) is 0 Å². The minimum atomic E-state index is -0.332. The normalized spacial score (nSPS) is 14.0. The van der Waals surface area contributed by atoms with Crippen LogP contribution in [0, 0.1) is 0 Å². The molecule has 1 aromatic heterocycles. The van der Waals surface area contributed by atoms with Gasteiger partial charge in [-0.25, -0.2) is 4.98 Å². The van der Waals surface area contributed by atoms with Gasteiger partial charge in [-0.2, -0.15) is 0 Å². The molecule has 0 fully saturated rings. The van der Waals surface area contributed by atoms with Gasteiger partial charge < -0.3 is 4.90 Å². The molecular weight excluding hydrogens is 452 g/mol. The van der Waals surface area contributed by atoms with E-state index in [0.29, 0.717) is 23.1 Å². The first-order chi connectivity index (χ1) is 13.9. The van der Waals surface area contributed by atoms with Gasteiger partial charge in [0.25, 0.3) is 0 Å². The number of carbonyl (C=O) groups is 2. The van der Waals surface area contributed by atoms with Crippen LogP contribution in [-0.2, 0) is 11.2 Å². The first-order valence-corrected chi connectivity index (χ1v) is 10.9. The largest absolute Gasteiger partial charge is 0.312 e. The highest BCUT2D eigenvalue weighted by atomic mass is 79.9. The van der Waals surface area contributed by atoms with Gasteiger partial charge in [-0.1, -0.05) is 45.9 Å². The zero-order valence-electron chi connectivity index (χ0n) is 16.0. The third-order valence-electron chi connectivity index (χ3n) is 4.88. The maximum atomic E-state index is 12.9. The van der Waals surface area contributed by atoms with E-state index in [4.69, 9.17) is 0 Å². The number of nitrogens with one attached hydrogen (secondary N) is 1. The van der Waals surface area contributed by atoms with Crippen LogP contribution in [0.2, 0.25) is 0 Å². The molecule has 1 aliphatic rings. The third-order valence-corrected chi connectivity index (χ3v) is 6.54. The highest BCUT2D eigenvalue weighted by Gasteiger charge is 2.25. The fraction of sp³-hybridized carbons (Fsp3) is 0.238. The van der Waals surface area contributed by atoms with Crippen LogP contribution in [0.4, 0.5) is 5.69 Å². The van der Waals surface area contributed by atoms with Crippen LogP contribution >= 0.6 is 27.7 Å². The van der Waals surface area contributed by atoms with Crippen LogP contribution in [0.15, 0.2) is 52.1 Å². The van der Waals surface area contributed by atoms with Crippen LogP contribution in [0.5, 0.6) is 0 Å². The number of carbonyl (C=O) groups excluding carboxylic acids is 2. The van der Waals surface area contributed by atoms with E-state index in [1.807, 2.05) is 43.3 Å². The number of H-pyrrole nitrogens is 1. The van der Waals surface area contributed by atoms with Gasteiger partial charge in [-0.15, -0.1) is 5.10 Å². The average molecular weight is 471 g/mol. The summed E-state index contributed by atoms with van der Waals surface area (Å²) in [4.78, 5) is 30.9. The molecule has 0 radical (unpaired) electrons. The first-order valence-electron chi connectivity index (χ1n) is 9.23. The number of halogens is 1. The van der Waals surface area contributed by atoms with Crippen molar-refractivity contribution in [2.45, 2.75) is 30.7 Å². The molecule has 1 unspecified atom stereocenters. The van der Waals surface area contributed by atoms with E-state index < -0.39 is 0 Å². The first kappa shape index (κ1) is 19.8. The molecule has 0 saturated heterocycles. The number of anilines is 1. The summed E-state index contributed by atoms with van der Waals surface area (Å²) in [6.07, 6.45) is 0.772. The lowest BCUT2D eigenvalue weighted by molar-refractivity contribution is -0.116. The molecule has 0 saturated carbocycles. The van der Waals surface area contributed by atoms with E-state index in [9.17, 15) is 9.59 Å². The number of benzene rings is 2. The number of hydrogen-bond donors (Lipinski definition) is 1. The van der Waals surface area contributed by atoms with Crippen molar-refractivity contribution in [3.8, 4) is 11.4 Å². The molecule has 148 valence electrons. The zero-order chi connectivity index (χ0) is 20.5. The van der Waals surface area contributed by atoms with Crippen LogP contribution in [-0.4, -0.2) is 38.7 Å². The van der Waals surface area contributed by atoms with Gasteiger partial charge in [0.05, 0.1) is 5.25 Å². The quantitative estimate of drug-likeness (QED) is 0.438. The van der Waals surface area contributed by atoms with Gasteiger partial charge in [0, 0.05) is 34.8 Å². The Kier molecular flexibility index (Phi) is 5.56. The summed E-state index contributed by atoms with van der Waals surface area (Å²) in [6, 6.07) is 13.3. The Morgan fingerprint density at radius 3 is 2.79 bits per heavy atom. The molecule has 6 nitrogen and oxygen atoms in total. The highest BCUT2D eigenvalue weighted by molar-refractivity contribution is 9.10. The second-order valence-corrected chi connectivity index (χ2v) is 9.00. The Labute approximate surface area is 181 Å². The number of aromatic amines is 1. The molecule has 2 heterocycles. The lowest BCUT2D eigenvalue weighted by atomic mass is 10.0. The molecule has 0 aliphatic carbocycles. The van der Waals surface area contributed by atoms with Crippen molar-refractivity contribution in [1.29, 1.82) is 0 Å². The molecule has 3 aromatic rings. The topological polar surface area (TPSA) is 79.0 Å². The molecule has 1 N–H and O–H groups in total. The van der Waals surface area contributed by atoms with E-state index in [2.05, 4.69) is 31.1 Å². The minimum absolute atomic E-state index is 0.0197. The lowest BCUT2D eigenvalue weighted by Gasteiger charge is -2.15. The van der Waals surface area contributed by atoms with Crippen molar-refractivity contribution in [2.75, 3.05) is 11.4 Å². The Bertz CT molecular complexity index is 1100. The predicted octanol–water partition coefficient (Wildman–Crippen LogP) is 4.51. The van der Waals surface area contributed by atoms with Crippen molar-refractivity contribution < 1.29 is 9.59 Å². The zero-order valence-corrected chi connectivity index (χ0v) is 18.4. The molecule has 1 atom stereocenters. The summed E-state index contributed by atoms with van der Waals surface area (Å²) < 4.78 is 0.926. The van der Waals surface area contributed by atoms with Crippen molar-refractivity contribution in [3.63, 3.8) is 0 Å². The number of ketones is 1. The summed E-state index contributed by atoms with van der Waals surface area (Å²) in [6.45, 7) is 4.09. The SMILES string of the molecule is CC(=O)N1CCc2cc(C(=O)C(C)Sc3n[nH]c(-c4ccccc4Br)n3)ccc21. The summed E-state index contributed by atoms with van der Waals surface area (Å²) >= 11 is 4.83. The number of fused-ring (bicyclic) bond motifs is 1. The summed E-state index contributed by atoms with van der Waals surface area (Å²) in [5.74, 6) is 0.699. The fourth-order valence-electron chi connectivity index (χ4n) is 3.40. The number of thioether (sulfide) groups is 1. The Hall–Kier alpha value is -2.45. The Morgan fingerprint density at radius 1 is 1.24 bits per heavy atom. The lowest BCUT2D eigenvalue weighted by Crippen LogP contribution is -2.25. The van der Waals surface area contributed by atoms with Gasteiger partial charge in [-0.05, 0) is 43.2 Å². The number of amides is 1. The fourth-order valence-corrected chi connectivity index (χ4v) is 4.68. The predicted molar refractivity (Wildman–Crippen MR) is 117 cm³/mol. The summed E-state index contributed by atoms with van der Waals surface area (Å²) in [5, 5.41) is 7.38. The second-order valence-electron chi connectivity index (χ2n) is 6.83. The summed E-state index contributed by atoms with van der Waals surface area (Å²) in [7, 11) is 0. The van der Waals surface area contributed by atoms with Crippen molar-refractivity contribution in [3.05, 3.63) is 58.1 Å². The van der Waals surface area contributed by atoms with E-state index in [0.717, 1.165) is 27.7 Å². The van der Waals surface area contributed by atoms with Gasteiger partial charge in [0.2, 0.25) is 11.1 Å². The van der Waals surface area contributed by atoms with E-state index >= 15 is 0 Å². The monoisotopic (exact) mass is 470 g/mol. The number of nitrogens with zero attached hydrogens (tertiary/aromatic N) is 3. The average Bonchev–Trinajstić information content (AvgIpc) is 3.34. The molecule has 4 rings (SSSR count). The maximum Gasteiger partial charge on any atom is 0.223 e. The molecule has 0 spiro atoms. The molecule has 2 aromatic carbocycles. The van der Waals surface area contributed by atoms with Crippen LogP contribution in [0.3, 0.4) is 0 Å². The molecule has 1 amide bonds. The van der Waals surface area contributed by atoms with Crippen LogP contribution in [0.1, 0.15) is 29.8 Å². The summed E-state index contributed by atoms with van der Waals surface area (Å²) in [5.41, 5.74) is 3.51. The molecular formula is C21H19BrN4O2S. The highest BCUT2D eigenvalue weighted by Crippen LogP contribution is 2.31. The van der Waals surface area contributed by atoms with Crippen molar-refractivity contribution in [2.24, 2.45) is 0 Å². The molecule has 8 heteroatoms. The van der Waals surface area contributed by atoms with E-state index in [1.165, 1.54) is 11.8 Å². The van der Waals surface area contributed by atoms with Crippen LogP contribution < -0.4 is 4.90 Å². The van der Waals surface area contributed by atoms with Crippen molar-refractivity contribution >= 4 is 45.1 Å². The van der Waals surface area contributed by atoms with E-state index in [-0.39, 0.29) is 16.9 Å². The Balaban J connectivity index is 1.48. The van der Waals surface area contributed by atoms with Gasteiger partial charge in [-0.3, -0.25) is 14.7 Å². The van der Waals surface area contributed by atoms with E-state index in [1.54, 1.807) is 17.9 Å². The van der Waals surface area contributed by atoms with Gasteiger partial charge in [0.15, 0.2) is 11.6 Å². The second kappa shape index (κ2) is 8.12. The molecule has 0 bridgehead atoms. The number of hydrogen-bond acceptors (Lipinski definition) is 5. The smallest absolute Gasteiger partial charge is 0.223 e. The minimum Gasteiger partial charge on any atom is -0.312 e. The standard InChI is InChI=1S/C21H19BrN4O2S/c1-12(29-21-23-20(24-25-21)16-5-3-4-6-17(16)22)19(28)15-7-8-18-14(11-15)9-10-26(18)13(2)27/h3-8,11-12H,9-10H2,1-2H3,(H,23,24,25). The maximum absolute atomic E-state index is 12.9. The van der Waals surface area contributed by atoms with Gasteiger partial charge >= 0.3 is 0 Å². The molecule has 29 heavy (non-hydrogen) atoms. The third kappa shape index (κ3) is 4.00. The van der Waals surface area contributed by atoms with Crippen molar-refractivity contribution in [1.82, 2.24) is 15.2 Å². The molecule has 1 aliphatic heterocycles. The Morgan fingerprint density at radius 2 is 2.03 bits per heavy atom. The number of Topliss-reactive ketones (excluding diaryl/α,β-unsaturated/α-hetero) is 1. The number of aromatic nitrogens is 3. The number of rotatable bonds is 5.